The number of hydrogen-bond acceptors (Lipinski definition) is 4. The molecular weight excluding hydrogens is 409 g/mol. The maximum absolute atomic E-state index is 13.2. The number of carbonyl (C=O) groups excluding carboxylic acids is 1. The molecule has 6 nitrogen and oxygen atoms in total. The molecule has 0 N–H and O–H groups in total. The van der Waals surface area contributed by atoms with Crippen molar-refractivity contribution in [2.75, 3.05) is 20.2 Å². The number of hydrogen-bond donors (Lipinski definition) is 0. The van der Waals surface area contributed by atoms with Crippen LogP contribution in [0.25, 0.3) is 0 Å². The Bertz CT molecular complexity index is 963. The highest BCUT2D eigenvalue weighted by Gasteiger charge is 2.49. The average Bonchev–Trinajstić information content (AvgIpc) is 2.72. The fourth-order valence-corrected chi connectivity index (χ4v) is 4.91. The number of methoxy groups -OCH3 is 1. The van der Waals surface area contributed by atoms with Crippen molar-refractivity contribution in [3.63, 3.8) is 0 Å². The van der Waals surface area contributed by atoms with E-state index in [1.54, 1.807) is 6.07 Å². The Hall–Kier alpha value is -2.59. The summed E-state index contributed by atoms with van der Waals surface area (Å²) in [5.74, 6) is -1.62. The van der Waals surface area contributed by atoms with Gasteiger partial charge < -0.3 is 9.64 Å². The van der Waals surface area contributed by atoms with E-state index in [4.69, 9.17) is 4.74 Å². The summed E-state index contributed by atoms with van der Waals surface area (Å²) in [6.45, 7) is -0.231. The van der Waals surface area contributed by atoms with Crippen LogP contribution in [-0.4, -0.2) is 49.9 Å². The molecule has 29 heavy (non-hydrogen) atoms. The molecule has 1 saturated heterocycles. The second-order valence-electron chi connectivity index (χ2n) is 6.43. The molecule has 10 heteroatoms. The predicted octanol–water partition coefficient (Wildman–Crippen LogP) is 3.18. The van der Waals surface area contributed by atoms with Gasteiger partial charge in [0.15, 0.2) is 0 Å². The van der Waals surface area contributed by atoms with Gasteiger partial charge in [-0.3, -0.25) is 4.79 Å². The van der Waals surface area contributed by atoms with Gasteiger partial charge in [-0.05, 0) is 36.2 Å². The Morgan fingerprint density at radius 1 is 1.03 bits per heavy atom. The van der Waals surface area contributed by atoms with Crippen molar-refractivity contribution < 1.29 is 31.1 Å². The van der Waals surface area contributed by atoms with Gasteiger partial charge in [0.25, 0.3) is 0 Å². The molecule has 1 atom stereocenters. The summed E-state index contributed by atoms with van der Waals surface area (Å²) in [6, 6.07) is 13.3. The molecule has 0 bridgehead atoms. The summed E-state index contributed by atoms with van der Waals surface area (Å²) in [6.07, 6.45) is -6.46. The van der Waals surface area contributed by atoms with E-state index in [0.29, 0.717) is 10.6 Å². The van der Waals surface area contributed by atoms with Crippen LogP contribution in [-0.2, 0) is 14.8 Å². The molecule has 0 unspecified atom stereocenters. The summed E-state index contributed by atoms with van der Waals surface area (Å²) in [5.41, 5.74) is 0.239. The van der Waals surface area contributed by atoms with Gasteiger partial charge in [-0.15, -0.1) is 0 Å². The minimum atomic E-state index is -5.12. The maximum atomic E-state index is 13.2. The lowest BCUT2D eigenvalue weighted by atomic mass is 10.1. The number of ether oxygens (including phenoxy) is 1. The number of rotatable bonds is 4. The van der Waals surface area contributed by atoms with Crippen molar-refractivity contribution in [3.05, 3.63) is 60.2 Å². The molecule has 3 rings (SSSR count). The number of halogens is 3. The zero-order valence-electron chi connectivity index (χ0n) is 15.5. The molecule has 2 aromatic rings. The van der Waals surface area contributed by atoms with Gasteiger partial charge in [-0.2, -0.15) is 17.5 Å². The molecule has 2 aromatic carbocycles. The molecule has 1 aliphatic rings. The van der Waals surface area contributed by atoms with Crippen molar-refractivity contribution in [2.45, 2.75) is 23.7 Å². The lowest BCUT2D eigenvalue weighted by molar-refractivity contribution is -0.192. The largest absolute Gasteiger partial charge is 0.497 e. The molecule has 0 radical (unpaired) electrons. The van der Waals surface area contributed by atoms with Crippen LogP contribution in [0.3, 0.4) is 0 Å². The van der Waals surface area contributed by atoms with Crippen molar-refractivity contribution in [3.8, 4) is 5.75 Å². The van der Waals surface area contributed by atoms with Gasteiger partial charge in [0, 0.05) is 13.1 Å². The van der Waals surface area contributed by atoms with Crippen LogP contribution in [0.1, 0.15) is 18.2 Å². The molecule has 1 heterocycles. The normalized spacial score (nSPS) is 18.5. The first-order chi connectivity index (χ1) is 13.7. The summed E-state index contributed by atoms with van der Waals surface area (Å²) < 4.78 is 72.0. The predicted molar refractivity (Wildman–Crippen MR) is 98.5 cm³/mol. The number of amides is 1. The van der Waals surface area contributed by atoms with Crippen LogP contribution in [0, 0.1) is 0 Å². The zero-order chi connectivity index (χ0) is 21.2. The molecule has 1 aliphatic heterocycles. The van der Waals surface area contributed by atoms with Gasteiger partial charge in [-0.1, -0.05) is 30.3 Å². The Morgan fingerprint density at radius 2 is 1.66 bits per heavy atom. The second kappa shape index (κ2) is 8.03. The SMILES string of the molecule is COc1ccc([C@H]2N(C(=O)C(F)(F)F)CCCN2S(=O)(=O)c2ccccc2)cc1. The van der Waals surface area contributed by atoms with Crippen LogP contribution in [0.2, 0.25) is 0 Å². The number of benzene rings is 2. The highest BCUT2D eigenvalue weighted by Crippen LogP contribution is 2.37. The molecule has 0 saturated carbocycles. The fraction of sp³-hybridized carbons (Fsp3) is 0.316. The Kier molecular flexibility index (Phi) is 5.85. The number of alkyl halides is 3. The number of nitrogens with zero attached hydrogens (tertiary/aromatic N) is 2. The van der Waals surface area contributed by atoms with E-state index in [-0.39, 0.29) is 30.0 Å². The number of sulfonamides is 1. The lowest BCUT2D eigenvalue weighted by Crippen LogP contribution is -2.55. The van der Waals surface area contributed by atoms with Gasteiger partial charge in [0.2, 0.25) is 10.0 Å². The van der Waals surface area contributed by atoms with E-state index in [9.17, 15) is 26.4 Å². The highest BCUT2D eigenvalue weighted by molar-refractivity contribution is 7.89. The van der Waals surface area contributed by atoms with E-state index in [0.717, 1.165) is 4.31 Å². The van der Waals surface area contributed by atoms with Crippen molar-refractivity contribution in [1.29, 1.82) is 0 Å². The first kappa shape index (κ1) is 21.1. The van der Waals surface area contributed by atoms with E-state index < -0.39 is 28.3 Å². The zero-order valence-corrected chi connectivity index (χ0v) is 16.3. The summed E-state index contributed by atoms with van der Waals surface area (Å²) >= 11 is 0. The Morgan fingerprint density at radius 3 is 2.21 bits per heavy atom. The lowest BCUT2D eigenvalue weighted by Gasteiger charge is -2.43. The monoisotopic (exact) mass is 428 g/mol. The Balaban J connectivity index is 2.11. The Labute approximate surface area is 166 Å². The second-order valence-corrected chi connectivity index (χ2v) is 8.32. The van der Waals surface area contributed by atoms with Crippen molar-refractivity contribution in [2.24, 2.45) is 0 Å². The summed E-state index contributed by atoms with van der Waals surface area (Å²) in [7, 11) is -2.71. The fourth-order valence-electron chi connectivity index (χ4n) is 3.27. The molecule has 156 valence electrons. The van der Waals surface area contributed by atoms with E-state index in [1.165, 1.54) is 55.6 Å². The van der Waals surface area contributed by atoms with E-state index >= 15 is 0 Å². The van der Waals surface area contributed by atoms with Crippen LogP contribution < -0.4 is 4.74 Å². The topological polar surface area (TPSA) is 66.9 Å². The van der Waals surface area contributed by atoms with Crippen LogP contribution in [0.4, 0.5) is 13.2 Å². The van der Waals surface area contributed by atoms with Crippen molar-refractivity contribution >= 4 is 15.9 Å². The smallest absolute Gasteiger partial charge is 0.471 e. The molecule has 0 spiro atoms. The third kappa shape index (κ3) is 4.23. The first-order valence-electron chi connectivity index (χ1n) is 8.75. The average molecular weight is 428 g/mol. The van der Waals surface area contributed by atoms with Crippen LogP contribution in [0.15, 0.2) is 59.5 Å². The summed E-state index contributed by atoms with van der Waals surface area (Å²) in [5, 5.41) is 0. The van der Waals surface area contributed by atoms with E-state index in [2.05, 4.69) is 0 Å². The van der Waals surface area contributed by atoms with E-state index in [1.807, 2.05) is 0 Å². The molecule has 1 fully saturated rings. The minimum Gasteiger partial charge on any atom is -0.497 e. The molecule has 0 aliphatic carbocycles. The number of carbonyl (C=O) groups is 1. The third-order valence-electron chi connectivity index (χ3n) is 4.61. The van der Waals surface area contributed by atoms with Crippen molar-refractivity contribution in [1.82, 2.24) is 9.21 Å². The van der Waals surface area contributed by atoms with Gasteiger partial charge >= 0.3 is 12.1 Å². The van der Waals surface area contributed by atoms with Gasteiger partial charge in [0.05, 0.1) is 12.0 Å². The maximum Gasteiger partial charge on any atom is 0.471 e. The minimum absolute atomic E-state index is 0.0183. The summed E-state index contributed by atoms with van der Waals surface area (Å²) in [4.78, 5) is 12.6. The van der Waals surface area contributed by atoms with Crippen LogP contribution in [0.5, 0.6) is 5.75 Å². The highest BCUT2D eigenvalue weighted by atomic mass is 32.2. The molecular formula is C19H19F3N2O4S. The van der Waals surface area contributed by atoms with Gasteiger partial charge in [0.1, 0.15) is 11.9 Å². The molecule has 1 amide bonds. The van der Waals surface area contributed by atoms with Gasteiger partial charge in [-0.25, -0.2) is 8.42 Å². The van der Waals surface area contributed by atoms with Crippen LogP contribution >= 0.6 is 0 Å². The standard InChI is InChI=1S/C19H19F3N2O4S/c1-28-15-10-8-14(9-11-15)17-23(18(25)19(20,21)22)12-5-13-24(17)29(26,27)16-6-3-2-4-7-16/h2-4,6-11,17H,5,12-13H2,1H3/t17-/m0/s1. The first-order valence-corrected chi connectivity index (χ1v) is 10.2. The molecule has 0 aromatic heterocycles. The third-order valence-corrected chi connectivity index (χ3v) is 6.48. The quantitative estimate of drug-likeness (QED) is 0.750.